The molecule has 0 radical (unpaired) electrons. The first-order chi connectivity index (χ1) is 15.4. The molecule has 3 rings (SSSR count). The highest BCUT2D eigenvalue weighted by molar-refractivity contribution is 5.17. The third-order valence-electron chi connectivity index (χ3n) is 6.42. The van der Waals surface area contributed by atoms with Crippen LogP contribution in [0.1, 0.15) is 26.7 Å². The van der Waals surface area contributed by atoms with Crippen molar-refractivity contribution in [2.75, 3.05) is 52.9 Å². The Morgan fingerprint density at radius 1 is 0.875 bits per heavy atom. The Morgan fingerprint density at radius 3 is 1.62 bits per heavy atom. The number of hydrogen-bond acceptors (Lipinski definition) is 7. The van der Waals surface area contributed by atoms with E-state index < -0.39 is 17.1 Å². The van der Waals surface area contributed by atoms with Crippen molar-refractivity contribution in [3.05, 3.63) is 43.8 Å². The largest absolute Gasteiger partial charge is 0.380 e. The van der Waals surface area contributed by atoms with Crippen LogP contribution in [0.2, 0.25) is 0 Å². The van der Waals surface area contributed by atoms with E-state index in [2.05, 4.69) is 26.2 Å². The molecule has 2 saturated heterocycles. The molecule has 0 spiro atoms. The fraction of sp³-hybridized carbons (Fsp3) is 0.727. The van der Waals surface area contributed by atoms with Crippen LogP contribution >= 0.6 is 0 Å². The maximum atomic E-state index is 12.9. The third kappa shape index (κ3) is 5.05. The summed E-state index contributed by atoms with van der Waals surface area (Å²) in [5.41, 5.74) is 0.270. The number of nitrogens with zero attached hydrogens (tertiary/aromatic N) is 3. The van der Waals surface area contributed by atoms with Gasteiger partial charge in [0.1, 0.15) is 0 Å². The molecule has 0 aliphatic carbocycles. The highest BCUT2D eigenvalue weighted by Crippen LogP contribution is 2.31. The van der Waals surface area contributed by atoms with Gasteiger partial charge < -0.3 is 18.9 Å². The predicted octanol–water partition coefficient (Wildman–Crippen LogP) is 0.314. The van der Waals surface area contributed by atoms with E-state index in [1.165, 1.54) is 0 Å². The van der Waals surface area contributed by atoms with Crippen LogP contribution in [0.3, 0.4) is 0 Å². The quantitative estimate of drug-likeness (QED) is 0.314. The number of hydrogen-bond donors (Lipinski definition) is 0. The van der Waals surface area contributed by atoms with Gasteiger partial charge in [-0.25, -0.2) is 28.1 Å². The SMILES string of the molecule is C=C=Cn1c(=O)n(CCOCC2(CC)COC2)c(=O)n(CCOCC2(CC)COC2)c1=O. The van der Waals surface area contributed by atoms with Crippen molar-refractivity contribution in [1.29, 1.82) is 0 Å². The van der Waals surface area contributed by atoms with Crippen LogP contribution in [0, 0.1) is 10.8 Å². The molecule has 10 nitrogen and oxygen atoms in total. The van der Waals surface area contributed by atoms with Crippen LogP contribution in [0.25, 0.3) is 6.20 Å². The summed E-state index contributed by atoms with van der Waals surface area (Å²) in [4.78, 5) is 38.3. The standard InChI is InChI=1S/C22H33N3O7/c1-4-7-23-18(26)24(8-10-29-12-21(5-2)14-31-15-21)20(28)25(19(23)27)9-11-30-13-22(6-3)16-32-17-22/h7H,1,5-6,8-17H2,2-3H3. The Hall–Kier alpha value is -2.23. The van der Waals surface area contributed by atoms with Gasteiger partial charge in [0.2, 0.25) is 0 Å². The molecule has 0 amide bonds. The van der Waals surface area contributed by atoms with Gasteiger partial charge in [0.25, 0.3) is 0 Å². The maximum Gasteiger partial charge on any atom is 0.341 e. The van der Waals surface area contributed by atoms with E-state index >= 15 is 0 Å². The van der Waals surface area contributed by atoms with Gasteiger partial charge in [0.05, 0.1) is 72.1 Å². The van der Waals surface area contributed by atoms with Gasteiger partial charge in [-0.1, -0.05) is 20.4 Å². The van der Waals surface area contributed by atoms with E-state index in [9.17, 15) is 14.4 Å². The lowest BCUT2D eigenvalue weighted by Crippen LogP contribution is -2.54. The van der Waals surface area contributed by atoms with Crippen LogP contribution in [-0.4, -0.2) is 66.6 Å². The molecular formula is C22H33N3O7. The van der Waals surface area contributed by atoms with Gasteiger partial charge in [-0.05, 0) is 12.8 Å². The zero-order valence-electron chi connectivity index (χ0n) is 19.0. The van der Waals surface area contributed by atoms with Crippen molar-refractivity contribution in [3.8, 4) is 0 Å². The number of rotatable bonds is 13. The molecule has 0 atom stereocenters. The lowest BCUT2D eigenvalue weighted by atomic mass is 9.84. The van der Waals surface area contributed by atoms with E-state index in [1.807, 2.05) is 0 Å². The lowest BCUT2D eigenvalue weighted by Gasteiger charge is -2.40. The molecule has 32 heavy (non-hydrogen) atoms. The lowest BCUT2D eigenvalue weighted by molar-refractivity contribution is -0.150. The average molecular weight is 452 g/mol. The molecule has 2 fully saturated rings. The average Bonchev–Trinajstić information content (AvgIpc) is 2.73. The molecule has 0 aromatic carbocycles. The Morgan fingerprint density at radius 2 is 1.31 bits per heavy atom. The molecule has 0 unspecified atom stereocenters. The van der Waals surface area contributed by atoms with E-state index in [0.717, 1.165) is 32.7 Å². The minimum absolute atomic E-state index is 0.00813. The fourth-order valence-electron chi connectivity index (χ4n) is 3.69. The normalized spacial score (nSPS) is 18.4. The Labute approximate surface area is 186 Å². The molecule has 1 aromatic heterocycles. The summed E-state index contributed by atoms with van der Waals surface area (Å²) in [5.74, 6) is 0. The molecule has 0 N–H and O–H groups in total. The second kappa shape index (κ2) is 10.6. The monoisotopic (exact) mass is 451 g/mol. The summed E-state index contributed by atoms with van der Waals surface area (Å²) in [7, 11) is 0. The van der Waals surface area contributed by atoms with Gasteiger partial charge in [-0.15, -0.1) is 5.73 Å². The summed E-state index contributed by atoms with van der Waals surface area (Å²) in [6.07, 6.45) is 2.99. The first-order valence-electron chi connectivity index (χ1n) is 11.0. The van der Waals surface area contributed by atoms with E-state index in [-0.39, 0.29) is 37.1 Å². The van der Waals surface area contributed by atoms with Crippen LogP contribution in [0.4, 0.5) is 0 Å². The van der Waals surface area contributed by atoms with Crippen molar-refractivity contribution >= 4 is 6.20 Å². The summed E-state index contributed by atoms with van der Waals surface area (Å²) in [6, 6.07) is 0. The van der Waals surface area contributed by atoms with Crippen molar-refractivity contribution < 1.29 is 18.9 Å². The Kier molecular flexibility index (Phi) is 8.08. The Balaban J connectivity index is 1.69. The van der Waals surface area contributed by atoms with Crippen LogP contribution in [0.5, 0.6) is 0 Å². The van der Waals surface area contributed by atoms with Crippen molar-refractivity contribution in [2.24, 2.45) is 10.8 Å². The van der Waals surface area contributed by atoms with Crippen molar-refractivity contribution in [1.82, 2.24) is 13.7 Å². The molecule has 10 heteroatoms. The number of aromatic nitrogens is 3. The second-order valence-electron chi connectivity index (χ2n) is 8.65. The molecule has 178 valence electrons. The van der Waals surface area contributed by atoms with Gasteiger partial charge >= 0.3 is 17.1 Å². The zero-order chi connectivity index (χ0) is 23.2. The van der Waals surface area contributed by atoms with Gasteiger partial charge in [0, 0.05) is 10.8 Å². The first kappa shape index (κ1) is 24.4. The van der Waals surface area contributed by atoms with E-state index in [4.69, 9.17) is 18.9 Å². The van der Waals surface area contributed by atoms with Gasteiger partial charge in [-0.2, -0.15) is 0 Å². The molecule has 2 aliphatic heterocycles. The highest BCUT2D eigenvalue weighted by Gasteiger charge is 2.37. The zero-order valence-corrected chi connectivity index (χ0v) is 19.0. The fourth-order valence-corrected chi connectivity index (χ4v) is 3.69. The summed E-state index contributed by atoms with van der Waals surface area (Å²) >= 11 is 0. The Bertz CT molecular complexity index is 929. The van der Waals surface area contributed by atoms with E-state index in [1.54, 1.807) is 0 Å². The van der Waals surface area contributed by atoms with Crippen LogP contribution < -0.4 is 17.1 Å². The van der Waals surface area contributed by atoms with Crippen LogP contribution in [-0.2, 0) is 32.0 Å². The molecule has 1 aromatic rings. The smallest absolute Gasteiger partial charge is 0.341 e. The maximum absolute atomic E-state index is 12.9. The van der Waals surface area contributed by atoms with Crippen molar-refractivity contribution in [2.45, 2.75) is 39.8 Å². The molecule has 2 aliphatic rings. The first-order valence-corrected chi connectivity index (χ1v) is 11.0. The predicted molar refractivity (Wildman–Crippen MR) is 118 cm³/mol. The molecule has 3 heterocycles. The molecular weight excluding hydrogens is 418 g/mol. The highest BCUT2D eigenvalue weighted by atomic mass is 16.5. The van der Waals surface area contributed by atoms with Gasteiger partial charge in [0.15, 0.2) is 0 Å². The van der Waals surface area contributed by atoms with Gasteiger partial charge in [-0.3, -0.25) is 0 Å². The molecule has 0 saturated carbocycles. The number of ether oxygens (including phenoxy) is 4. The summed E-state index contributed by atoms with van der Waals surface area (Å²) < 4.78 is 24.8. The third-order valence-corrected chi connectivity index (χ3v) is 6.42. The second-order valence-corrected chi connectivity index (χ2v) is 8.65. The molecule has 0 bridgehead atoms. The van der Waals surface area contributed by atoms with Crippen molar-refractivity contribution in [3.63, 3.8) is 0 Å². The topological polar surface area (TPSA) is 103 Å². The summed E-state index contributed by atoms with van der Waals surface area (Å²) in [6.45, 7) is 11.6. The van der Waals surface area contributed by atoms with Crippen LogP contribution in [0.15, 0.2) is 26.7 Å². The minimum atomic E-state index is -0.745. The minimum Gasteiger partial charge on any atom is -0.380 e. The van der Waals surface area contributed by atoms with E-state index in [0.29, 0.717) is 39.6 Å². The summed E-state index contributed by atoms with van der Waals surface area (Å²) in [5, 5.41) is 0.